The second-order valence-corrected chi connectivity index (χ2v) is 5.75. The second kappa shape index (κ2) is 8.05. The maximum atomic E-state index is 12.7. The molecule has 0 saturated carbocycles. The van der Waals surface area contributed by atoms with E-state index in [-0.39, 0.29) is 11.9 Å². The van der Waals surface area contributed by atoms with Crippen molar-refractivity contribution in [3.63, 3.8) is 0 Å². The molecule has 0 fully saturated rings. The van der Waals surface area contributed by atoms with E-state index in [1.807, 2.05) is 35.2 Å². The number of amides is 1. The van der Waals surface area contributed by atoms with E-state index in [0.717, 1.165) is 25.2 Å². The van der Waals surface area contributed by atoms with Gasteiger partial charge in [-0.1, -0.05) is 39.0 Å². The van der Waals surface area contributed by atoms with Crippen LogP contribution in [0, 0.1) is 5.92 Å². The number of carbonyl (C=O) groups excluding carboxylic acids is 1. The highest BCUT2D eigenvalue weighted by Crippen LogP contribution is 2.14. The summed E-state index contributed by atoms with van der Waals surface area (Å²) in [6.45, 7) is 11.3. The summed E-state index contributed by atoms with van der Waals surface area (Å²) in [6.07, 6.45) is 0. The molecule has 0 aliphatic heterocycles. The molecule has 1 rings (SSSR count). The fourth-order valence-corrected chi connectivity index (χ4v) is 2.03. The van der Waals surface area contributed by atoms with Gasteiger partial charge < -0.3 is 9.80 Å². The van der Waals surface area contributed by atoms with Gasteiger partial charge in [0.2, 0.25) is 0 Å². The van der Waals surface area contributed by atoms with Crippen molar-refractivity contribution in [3.05, 3.63) is 35.9 Å². The molecule has 3 nitrogen and oxygen atoms in total. The summed E-state index contributed by atoms with van der Waals surface area (Å²) in [5.41, 5.74) is 0.777. The van der Waals surface area contributed by atoms with Crippen LogP contribution in [0.25, 0.3) is 0 Å². The van der Waals surface area contributed by atoms with Crippen molar-refractivity contribution in [1.82, 2.24) is 9.80 Å². The summed E-state index contributed by atoms with van der Waals surface area (Å²) in [4.78, 5) is 16.9. The van der Waals surface area contributed by atoms with Crippen LogP contribution in [0.2, 0.25) is 0 Å². The van der Waals surface area contributed by atoms with Crippen LogP contribution in [0.15, 0.2) is 30.3 Å². The maximum Gasteiger partial charge on any atom is 0.254 e. The lowest BCUT2D eigenvalue weighted by Crippen LogP contribution is -2.45. The summed E-state index contributed by atoms with van der Waals surface area (Å²) in [6, 6.07) is 9.82. The summed E-state index contributed by atoms with van der Waals surface area (Å²) >= 11 is 0. The third kappa shape index (κ3) is 4.64. The van der Waals surface area contributed by atoms with Gasteiger partial charge in [-0.15, -0.1) is 0 Å². The van der Waals surface area contributed by atoms with E-state index in [1.54, 1.807) is 0 Å². The average molecular weight is 276 g/mol. The predicted octanol–water partition coefficient (Wildman–Crippen LogP) is 3.13. The first-order valence-electron chi connectivity index (χ1n) is 7.52. The van der Waals surface area contributed by atoms with Crippen molar-refractivity contribution < 1.29 is 4.79 Å². The lowest BCUT2D eigenvalue weighted by Gasteiger charge is -2.33. The number of rotatable bonds is 7. The number of benzene rings is 1. The number of hydrogen-bond donors (Lipinski definition) is 0. The van der Waals surface area contributed by atoms with Crippen molar-refractivity contribution in [2.75, 3.05) is 26.7 Å². The van der Waals surface area contributed by atoms with E-state index in [1.165, 1.54) is 0 Å². The van der Waals surface area contributed by atoms with E-state index in [2.05, 4.69) is 39.6 Å². The van der Waals surface area contributed by atoms with Crippen molar-refractivity contribution in [1.29, 1.82) is 0 Å². The Labute approximate surface area is 123 Å². The molecular weight excluding hydrogens is 248 g/mol. The molecule has 0 saturated heterocycles. The van der Waals surface area contributed by atoms with Crippen LogP contribution in [-0.2, 0) is 0 Å². The van der Waals surface area contributed by atoms with Crippen LogP contribution < -0.4 is 0 Å². The van der Waals surface area contributed by atoms with Crippen molar-refractivity contribution >= 4 is 5.91 Å². The van der Waals surface area contributed by atoms with E-state index in [9.17, 15) is 4.79 Å². The van der Waals surface area contributed by atoms with Crippen molar-refractivity contribution in [2.45, 2.75) is 33.7 Å². The quantitative estimate of drug-likeness (QED) is 0.764. The summed E-state index contributed by atoms with van der Waals surface area (Å²) in [5.74, 6) is 0.589. The Morgan fingerprint density at radius 3 is 2.20 bits per heavy atom. The van der Waals surface area contributed by atoms with Gasteiger partial charge in [0.25, 0.3) is 5.91 Å². The Kier molecular flexibility index (Phi) is 6.73. The predicted molar refractivity (Wildman–Crippen MR) is 84.9 cm³/mol. The lowest BCUT2D eigenvalue weighted by molar-refractivity contribution is 0.0627. The molecule has 1 aromatic carbocycles. The van der Waals surface area contributed by atoms with E-state index >= 15 is 0 Å². The lowest BCUT2D eigenvalue weighted by atomic mass is 10.0. The summed E-state index contributed by atoms with van der Waals surface area (Å²) in [7, 11) is 2.09. The van der Waals surface area contributed by atoms with Gasteiger partial charge >= 0.3 is 0 Å². The van der Waals surface area contributed by atoms with Gasteiger partial charge in [0, 0.05) is 24.7 Å². The molecule has 0 spiro atoms. The van der Waals surface area contributed by atoms with Crippen molar-refractivity contribution in [2.24, 2.45) is 5.92 Å². The molecule has 1 unspecified atom stereocenters. The monoisotopic (exact) mass is 276 g/mol. The zero-order valence-corrected chi connectivity index (χ0v) is 13.5. The number of carbonyl (C=O) groups is 1. The molecule has 3 heteroatoms. The van der Waals surface area contributed by atoms with E-state index in [0.29, 0.717) is 5.92 Å². The maximum absolute atomic E-state index is 12.7. The van der Waals surface area contributed by atoms with Gasteiger partial charge in [-0.3, -0.25) is 4.79 Å². The SMILES string of the molecule is CCN(C)CCN(C(=O)c1ccccc1)C(C)C(C)C. The normalized spacial score (nSPS) is 12.8. The smallest absolute Gasteiger partial charge is 0.254 e. The van der Waals surface area contributed by atoms with Crippen LogP contribution in [-0.4, -0.2) is 48.4 Å². The van der Waals surface area contributed by atoms with Gasteiger partial charge in [-0.25, -0.2) is 0 Å². The Morgan fingerprint density at radius 2 is 1.70 bits per heavy atom. The Morgan fingerprint density at radius 1 is 1.10 bits per heavy atom. The van der Waals surface area contributed by atoms with Crippen LogP contribution in [0.3, 0.4) is 0 Å². The standard InChI is InChI=1S/C17H28N2O/c1-6-18(5)12-13-19(15(4)14(2)3)17(20)16-10-8-7-9-11-16/h7-11,14-15H,6,12-13H2,1-5H3. The molecule has 112 valence electrons. The van der Waals surface area contributed by atoms with Crippen molar-refractivity contribution in [3.8, 4) is 0 Å². The van der Waals surface area contributed by atoms with E-state index < -0.39 is 0 Å². The minimum atomic E-state index is 0.135. The second-order valence-electron chi connectivity index (χ2n) is 5.75. The van der Waals surface area contributed by atoms with Gasteiger partial charge in [0.1, 0.15) is 0 Å². The molecule has 0 N–H and O–H groups in total. The zero-order valence-electron chi connectivity index (χ0n) is 13.5. The topological polar surface area (TPSA) is 23.6 Å². The molecular formula is C17H28N2O. The Hall–Kier alpha value is -1.35. The highest BCUT2D eigenvalue weighted by atomic mass is 16.2. The molecule has 0 heterocycles. The Balaban J connectivity index is 2.84. The third-order valence-corrected chi connectivity index (χ3v) is 4.00. The zero-order chi connectivity index (χ0) is 15.1. The van der Waals surface area contributed by atoms with Crippen LogP contribution >= 0.6 is 0 Å². The average Bonchev–Trinajstić information content (AvgIpc) is 2.47. The van der Waals surface area contributed by atoms with Crippen LogP contribution in [0.4, 0.5) is 0 Å². The number of hydrogen-bond acceptors (Lipinski definition) is 2. The fraction of sp³-hybridized carbons (Fsp3) is 0.588. The molecule has 0 aliphatic rings. The first-order chi connectivity index (χ1) is 9.47. The molecule has 20 heavy (non-hydrogen) atoms. The fourth-order valence-electron chi connectivity index (χ4n) is 2.03. The summed E-state index contributed by atoms with van der Waals surface area (Å²) in [5, 5.41) is 0. The summed E-state index contributed by atoms with van der Waals surface area (Å²) < 4.78 is 0. The number of likely N-dealkylation sites (N-methyl/N-ethyl adjacent to an activating group) is 1. The van der Waals surface area contributed by atoms with Gasteiger partial charge in [-0.2, -0.15) is 0 Å². The van der Waals surface area contributed by atoms with E-state index in [4.69, 9.17) is 0 Å². The highest BCUT2D eigenvalue weighted by molar-refractivity contribution is 5.94. The third-order valence-electron chi connectivity index (χ3n) is 4.00. The Bertz CT molecular complexity index is 403. The first kappa shape index (κ1) is 16.7. The van der Waals surface area contributed by atoms with Crippen LogP contribution in [0.1, 0.15) is 38.1 Å². The minimum absolute atomic E-state index is 0.135. The van der Waals surface area contributed by atoms with Crippen LogP contribution in [0.5, 0.6) is 0 Å². The molecule has 0 bridgehead atoms. The molecule has 1 amide bonds. The molecule has 1 aromatic rings. The largest absolute Gasteiger partial charge is 0.334 e. The van der Waals surface area contributed by atoms with Gasteiger partial charge in [-0.05, 0) is 38.6 Å². The van der Waals surface area contributed by atoms with Gasteiger partial charge in [0.05, 0.1) is 0 Å². The minimum Gasteiger partial charge on any atom is -0.334 e. The number of nitrogens with zero attached hydrogens (tertiary/aromatic N) is 2. The molecule has 0 aliphatic carbocycles. The van der Waals surface area contributed by atoms with Gasteiger partial charge in [0.15, 0.2) is 0 Å². The highest BCUT2D eigenvalue weighted by Gasteiger charge is 2.23. The molecule has 1 atom stereocenters. The first-order valence-corrected chi connectivity index (χ1v) is 7.52. The molecule has 0 aromatic heterocycles. The molecule has 0 radical (unpaired) electrons.